The van der Waals surface area contributed by atoms with Crippen LogP contribution < -0.4 is 10.1 Å². The summed E-state index contributed by atoms with van der Waals surface area (Å²) in [7, 11) is 0.362. The summed E-state index contributed by atoms with van der Waals surface area (Å²) in [6.07, 6.45) is 0. The van der Waals surface area contributed by atoms with Gasteiger partial charge in [-0.05, 0) is 48.5 Å². The molecule has 0 atom stereocenters. The second kappa shape index (κ2) is 9.03. The van der Waals surface area contributed by atoms with Gasteiger partial charge in [0.25, 0.3) is 15.9 Å². The topological polar surface area (TPSA) is 127 Å². The van der Waals surface area contributed by atoms with Gasteiger partial charge in [0.15, 0.2) is 5.82 Å². The molecule has 30 heavy (non-hydrogen) atoms. The van der Waals surface area contributed by atoms with Crippen molar-refractivity contribution in [3.05, 3.63) is 59.9 Å². The number of hydrogen-bond acceptors (Lipinski definition) is 7. The maximum atomic E-state index is 12.3. The third-order valence-electron chi connectivity index (χ3n) is 4.31. The Bertz CT molecular complexity index is 1110. The molecule has 0 aliphatic heterocycles. The van der Waals surface area contributed by atoms with Crippen molar-refractivity contribution in [1.82, 2.24) is 25.0 Å². The highest BCUT2D eigenvalue weighted by Crippen LogP contribution is 2.19. The van der Waals surface area contributed by atoms with Gasteiger partial charge in [-0.25, -0.2) is 13.4 Å². The minimum Gasteiger partial charge on any atom is -0.497 e. The number of hydrogen-bond donors (Lipinski definition) is 2. The number of rotatable bonds is 8. The number of carbonyl (C=O) groups excluding carboxylic acids is 1. The number of hydroxylamine groups is 1. The van der Waals surface area contributed by atoms with E-state index in [2.05, 4.69) is 20.5 Å². The van der Waals surface area contributed by atoms with Gasteiger partial charge in [-0.2, -0.15) is 5.10 Å². The fourth-order valence-electron chi connectivity index (χ4n) is 2.53. The van der Waals surface area contributed by atoms with Gasteiger partial charge in [0, 0.05) is 18.2 Å². The molecule has 0 bridgehead atoms. The van der Waals surface area contributed by atoms with Crippen molar-refractivity contribution in [1.29, 1.82) is 0 Å². The van der Waals surface area contributed by atoms with Crippen LogP contribution in [0.4, 0.5) is 0 Å². The van der Waals surface area contributed by atoms with E-state index < -0.39 is 10.0 Å². The average Bonchev–Trinajstić information content (AvgIpc) is 3.26. The molecule has 0 aliphatic rings. The van der Waals surface area contributed by atoms with Gasteiger partial charge in [0.05, 0.1) is 25.7 Å². The summed E-state index contributed by atoms with van der Waals surface area (Å²) >= 11 is 0. The van der Waals surface area contributed by atoms with Crippen LogP contribution >= 0.6 is 0 Å². The minimum absolute atomic E-state index is 0.0165. The lowest BCUT2D eigenvalue weighted by atomic mass is 10.2. The molecule has 0 fully saturated rings. The number of nitrogens with one attached hydrogen (secondary N) is 2. The fourth-order valence-corrected chi connectivity index (χ4v) is 3.51. The molecule has 0 saturated heterocycles. The Labute approximate surface area is 173 Å². The van der Waals surface area contributed by atoms with E-state index in [1.54, 1.807) is 19.2 Å². The van der Waals surface area contributed by atoms with Crippen molar-refractivity contribution in [2.45, 2.75) is 11.4 Å². The Kier molecular flexibility index (Phi) is 6.45. The first kappa shape index (κ1) is 21.4. The zero-order chi connectivity index (χ0) is 21.7. The molecule has 10 nitrogen and oxygen atoms in total. The molecule has 0 aliphatic carbocycles. The van der Waals surface area contributed by atoms with Crippen molar-refractivity contribution in [3.8, 4) is 17.1 Å². The highest BCUT2D eigenvalue weighted by Gasteiger charge is 2.21. The quantitative estimate of drug-likeness (QED) is 0.519. The summed E-state index contributed by atoms with van der Waals surface area (Å²) in [5, 5.41) is 9.64. The van der Waals surface area contributed by atoms with E-state index in [9.17, 15) is 13.2 Å². The monoisotopic (exact) mass is 431 g/mol. The van der Waals surface area contributed by atoms with Crippen molar-refractivity contribution < 1.29 is 22.8 Å². The lowest BCUT2D eigenvalue weighted by molar-refractivity contribution is -0.0258. The molecule has 0 unspecified atom stereocenters. The van der Waals surface area contributed by atoms with Gasteiger partial charge >= 0.3 is 0 Å². The lowest BCUT2D eigenvalue weighted by Crippen LogP contribution is -2.26. The summed E-state index contributed by atoms with van der Waals surface area (Å²) in [6, 6.07) is 12.8. The molecule has 11 heteroatoms. The van der Waals surface area contributed by atoms with Crippen LogP contribution in [0.5, 0.6) is 5.75 Å². The Morgan fingerprint density at radius 2 is 1.77 bits per heavy atom. The number of aromatic amines is 1. The molecule has 1 heterocycles. The molecular formula is C19H21N5O5S. The molecule has 0 spiro atoms. The summed E-state index contributed by atoms with van der Waals surface area (Å²) in [5.74, 6) is 1.34. The summed E-state index contributed by atoms with van der Waals surface area (Å²) in [5.41, 5.74) is 1.12. The third kappa shape index (κ3) is 4.64. The van der Waals surface area contributed by atoms with Crippen molar-refractivity contribution in [3.63, 3.8) is 0 Å². The Morgan fingerprint density at radius 3 is 2.37 bits per heavy atom. The van der Waals surface area contributed by atoms with E-state index in [0.29, 0.717) is 17.2 Å². The third-order valence-corrected chi connectivity index (χ3v) is 6.00. The molecule has 3 rings (SSSR count). The van der Waals surface area contributed by atoms with Gasteiger partial charge in [0.2, 0.25) is 0 Å². The van der Waals surface area contributed by atoms with Gasteiger partial charge in [0.1, 0.15) is 11.6 Å². The zero-order valence-electron chi connectivity index (χ0n) is 16.6. The maximum absolute atomic E-state index is 12.3. The molecule has 158 valence electrons. The molecule has 2 N–H and O–H groups in total. The number of amides is 1. The molecule has 1 amide bonds. The highest BCUT2D eigenvalue weighted by atomic mass is 32.2. The molecule has 1 aromatic heterocycles. The summed E-state index contributed by atoms with van der Waals surface area (Å²) in [4.78, 5) is 21.4. The summed E-state index contributed by atoms with van der Waals surface area (Å²) in [6.45, 7) is 0.133. The van der Waals surface area contributed by atoms with E-state index in [1.807, 2.05) is 12.1 Å². The number of methoxy groups -OCH3 is 1. The Hall–Kier alpha value is -3.28. The van der Waals surface area contributed by atoms with E-state index >= 15 is 0 Å². The van der Waals surface area contributed by atoms with Crippen molar-refractivity contribution in [2.24, 2.45) is 0 Å². The molecule has 0 radical (unpaired) electrons. The van der Waals surface area contributed by atoms with Crippen molar-refractivity contribution in [2.75, 3.05) is 21.3 Å². The number of H-pyrrole nitrogens is 1. The standard InChI is InChI=1S/C19H21N5O5S/c1-24(29-3)30(26,27)16-10-6-14(7-11-16)19(25)20-12-17-21-18(23-22-17)13-4-8-15(28-2)9-5-13/h4-11H,12H2,1-3H3,(H,20,25)(H,21,22,23). The minimum atomic E-state index is -3.77. The predicted octanol–water partition coefficient (Wildman–Crippen LogP) is 1.59. The number of nitrogens with zero attached hydrogens (tertiary/aromatic N) is 3. The number of ether oxygens (including phenoxy) is 1. The first-order chi connectivity index (χ1) is 14.3. The second-order valence-electron chi connectivity index (χ2n) is 6.14. The van der Waals surface area contributed by atoms with Gasteiger partial charge in [-0.1, -0.05) is 4.47 Å². The average molecular weight is 431 g/mol. The van der Waals surface area contributed by atoms with Crippen LogP contribution in [-0.4, -0.2) is 55.2 Å². The van der Waals surface area contributed by atoms with Crippen LogP contribution in [-0.2, 0) is 21.4 Å². The van der Waals surface area contributed by atoms with Crippen LogP contribution in [0.3, 0.4) is 0 Å². The Morgan fingerprint density at radius 1 is 1.10 bits per heavy atom. The van der Waals surface area contributed by atoms with E-state index in [1.165, 1.54) is 38.4 Å². The Balaban J connectivity index is 1.62. The fraction of sp³-hybridized carbons (Fsp3) is 0.211. The second-order valence-corrected chi connectivity index (χ2v) is 8.07. The van der Waals surface area contributed by atoms with Crippen LogP contribution in [0, 0.1) is 0 Å². The predicted molar refractivity (Wildman–Crippen MR) is 108 cm³/mol. The SMILES string of the molecule is COc1ccc(-c2n[nH]c(CNC(=O)c3ccc(S(=O)(=O)N(C)OC)cc3)n2)cc1. The van der Waals surface area contributed by atoms with Gasteiger partial charge in [-0.15, -0.1) is 0 Å². The summed E-state index contributed by atoms with van der Waals surface area (Å²) < 4.78 is 30.2. The van der Waals surface area contributed by atoms with Crippen molar-refractivity contribution >= 4 is 15.9 Å². The van der Waals surface area contributed by atoms with Gasteiger partial charge < -0.3 is 10.1 Å². The number of benzene rings is 2. The van der Waals surface area contributed by atoms with E-state index in [-0.39, 0.29) is 17.3 Å². The number of sulfonamides is 1. The van der Waals surface area contributed by atoms with Crippen LogP contribution in [0.1, 0.15) is 16.2 Å². The van der Waals surface area contributed by atoms with Crippen LogP contribution in [0.25, 0.3) is 11.4 Å². The molecule has 0 saturated carbocycles. The normalized spacial score (nSPS) is 11.5. The first-order valence-corrected chi connectivity index (χ1v) is 10.3. The smallest absolute Gasteiger partial charge is 0.264 e. The molecular weight excluding hydrogens is 410 g/mol. The van der Waals surface area contributed by atoms with Crippen LogP contribution in [0.15, 0.2) is 53.4 Å². The van der Waals surface area contributed by atoms with E-state index in [4.69, 9.17) is 9.57 Å². The lowest BCUT2D eigenvalue weighted by Gasteiger charge is -2.14. The number of carbonyl (C=O) groups is 1. The van der Waals surface area contributed by atoms with E-state index in [0.717, 1.165) is 15.8 Å². The zero-order valence-corrected chi connectivity index (χ0v) is 17.4. The molecule has 2 aromatic carbocycles. The number of aromatic nitrogens is 3. The maximum Gasteiger partial charge on any atom is 0.264 e. The largest absolute Gasteiger partial charge is 0.497 e. The highest BCUT2D eigenvalue weighted by molar-refractivity contribution is 7.89. The van der Waals surface area contributed by atoms with Gasteiger partial charge in [-0.3, -0.25) is 14.7 Å². The molecule has 3 aromatic rings. The first-order valence-electron chi connectivity index (χ1n) is 8.82. The van der Waals surface area contributed by atoms with Crippen LogP contribution in [0.2, 0.25) is 0 Å².